The number of carbonyl (C=O) groups excluding carboxylic acids is 1. The van der Waals surface area contributed by atoms with Gasteiger partial charge in [0.15, 0.2) is 0 Å². The largest absolute Gasteiger partial charge is 0.507 e. The molecule has 1 N–H and O–H groups in total. The maximum Gasteiger partial charge on any atom is 0.240 e. The molecule has 0 amide bonds. The molecule has 0 spiro atoms. The van der Waals surface area contributed by atoms with Crippen molar-refractivity contribution in [3.8, 4) is 23.3 Å². The van der Waals surface area contributed by atoms with Crippen molar-refractivity contribution in [1.29, 1.82) is 0 Å². The van der Waals surface area contributed by atoms with Crippen molar-refractivity contribution in [3.05, 3.63) is 58.1 Å². The van der Waals surface area contributed by atoms with Gasteiger partial charge in [-0.25, -0.2) is 0 Å². The lowest BCUT2D eigenvalue weighted by Gasteiger charge is -2.01. The zero-order valence-corrected chi connectivity index (χ0v) is 12.3. The Bertz CT molecular complexity index is 711. The van der Waals surface area contributed by atoms with Gasteiger partial charge < -0.3 is 9.84 Å². The van der Waals surface area contributed by atoms with Crippen molar-refractivity contribution in [2.45, 2.75) is 0 Å². The van der Waals surface area contributed by atoms with E-state index in [-0.39, 0.29) is 11.3 Å². The van der Waals surface area contributed by atoms with Gasteiger partial charge in [0.2, 0.25) is 5.78 Å². The molecule has 0 bridgehead atoms. The van der Waals surface area contributed by atoms with Crippen molar-refractivity contribution in [2.24, 2.45) is 0 Å². The first kappa shape index (κ1) is 14.2. The highest BCUT2D eigenvalue weighted by Gasteiger charge is 2.09. The summed E-state index contributed by atoms with van der Waals surface area (Å²) in [7, 11) is 1.54. The second-order valence-corrected chi connectivity index (χ2v) is 4.86. The average Bonchev–Trinajstić information content (AvgIpc) is 2.47. The summed E-state index contributed by atoms with van der Waals surface area (Å²) in [6.45, 7) is 0. The molecule has 0 heterocycles. The number of benzene rings is 2. The lowest BCUT2D eigenvalue weighted by Crippen LogP contribution is -1.96. The van der Waals surface area contributed by atoms with Crippen LogP contribution < -0.4 is 4.74 Å². The molecule has 2 aromatic rings. The molecule has 0 saturated heterocycles. The third-order valence-corrected chi connectivity index (χ3v) is 3.11. The van der Waals surface area contributed by atoms with E-state index in [1.54, 1.807) is 25.3 Å². The van der Waals surface area contributed by atoms with E-state index in [2.05, 4.69) is 27.8 Å². The van der Waals surface area contributed by atoms with E-state index in [1.165, 1.54) is 12.1 Å². The maximum atomic E-state index is 12.0. The molecule has 2 aromatic carbocycles. The van der Waals surface area contributed by atoms with Crippen LogP contribution in [0.2, 0.25) is 0 Å². The molecule has 0 aliphatic carbocycles. The highest BCUT2D eigenvalue weighted by Crippen LogP contribution is 2.22. The number of para-hydroxylation sites is 1. The van der Waals surface area contributed by atoms with E-state index in [0.717, 1.165) is 0 Å². The fourth-order valence-electron chi connectivity index (χ4n) is 1.63. The van der Waals surface area contributed by atoms with Crippen LogP contribution in [0.15, 0.2) is 46.9 Å². The molecule has 0 unspecified atom stereocenters. The molecule has 0 fully saturated rings. The van der Waals surface area contributed by atoms with Crippen LogP contribution in [0.25, 0.3) is 0 Å². The summed E-state index contributed by atoms with van der Waals surface area (Å²) in [5.41, 5.74) is 0.791. The van der Waals surface area contributed by atoms with E-state index < -0.39 is 5.78 Å². The number of carbonyl (C=O) groups is 1. The quantitative estimate of drug-likeness (QED) is 0.678. The average molecular weight is 331 g/mol. The van der Waals surface area contributed by atoms with E-state index in [0.29, 0.717) is 15.8 Å². The third kappa shape index (κ3) is 3.19. The van der Waals surface area contributed by atoms with Gasteiger partial charge in [0.25, 0.3) is 0 Å². The Balaban J connectivity index is 2.33. The lowest BCUT2D eigenvalue weighted by atomic mass is 10.1. The standard InChI is InChI=1S/C16H11BrO3/c1-20-16-5-3-2-4-11(16)6-8-14(18)13-10-12(17)7-9-15(13)19/h2-5,7,9-10,19H,1H3. The Morgan fingerprint density at radius 3 is 2.75 bits per heavy atom. The zero-order valence-electron chi connectivity index (χ0n) is 10.7. The van der Waals surface area contributed by atoms with Crippen LogP contribution in [-0.4, -0.2) is 18.0 Å². The third-order valence-electron chi connectivity index (χ3n) is 2.62. The number of ether oxygens (including phenoxy) is 1. The maximum absolute atomic E-state index is 12.0. The van der Waals surface area contributed by atoms with Crippen LogP contribution in [0.3, 0.4) is 0 Å². The topological polar surface area (TPSA) is 46.5 Å². The van der Waals surface area contributed by atoms with Gasteiger partial charge in [0.05, 0.1) is 18.2 Å². The summed E-state index contributed by atoms with van der Waals surface area (Å²) < 4.78 is 5.86. The van der Waals surface area contributed by atoms with Crippen molar-refractivity contribution in [3.63, 3.8) is 0 Å². The smallest absolute Gasteiger partial charge is 0.240 e. The fourth-order valence-corrected chi connectivity index (χ4v) is 1.99. The molecule has 2 rings (SSSR count). The van der Waals surface area contributed by atoms with Crippen LogP contribution in [-0.2, 0) is 0 Å². The van der Waals surface area contributed by atoms with Crippen LogP contribution in [0, 0.1) is 11.8 Å². The summed E-state index contributed by atoms with van der Waals surface area (Å²) in [5, 5.41) is 9.67. The minimum Gasteiger partial charge on any atom is -0.507 e. The number of phenols is 1. The number of halogens is 1. The molecule has 0 radical (unpaired) electrons. The molecule has 20 heavy (non-hydrogen) atoms. The van der Waals surface area contributed by atoms with Gasteiger partial charge in [0, 0.05) is 4.47 Å². The van der Waals surface area contributed by atoms with E-state index in [4.69, 9.17) is 4.74 Å². The Hall–Kier alpha value is -2.25. The second kappa shape index (κ2) is 6.27. The first-order chi connectivity index (χ1) is 9.61. The van der Waals surface area contributed by atoms with Gasteiger partial charge in [-0.3, -0.25) is 4.79 Å². The summed E-state index contributed by atoms with van der Waals surface area (Å²) >= 11 is 3.25. The Morgan fingerprint density at radius 1 is 1.25 bits per heavy atom. The molecule has 0 saturated carbocycles. The number of methoxy groups -OCH3 is 1. The molecule has 0 aliphatic heterocycles. The molecule has 4 heteroatoms. The van der Waals surface area contributed by atoms with Crippen molar-refractivity contribution in [1.82, 2.24) is 0 Å². The van der Waals surface area contributed by atoms with Crippen molar-refractivity contribution < 1.29 is 14.6 Å². The zero-order chi connectivity index (χ0) is 14.5. The molecule has 3 nitrogen and oxygen atoms in total. The Labute approximate surface area is 125 Å². The Kier molecular flexibility index (Phi) is 4.44. The molecule has 0 aromatic heterocycles. The monoisotopic (exact) mass is 330 g/mol. The van der Waals surface area contributed by atoms with Gasteiger partial charge in [0.1, 0.15) is 11.5 Å². The van der Waals surface area contributed by atoms with Gasteiger partial charge in [-0.1, -0.05) is 34.0 Å². The number of rotatable bonds is 2. The normalized spacial score (nSPS) is 9.50. The van der Waals surface area contributed by atoms with Crippen molar-refractivity contribution in [2.75, 3.05) is 7.11 Å². The van der Waals surface area contributed by atoms with Gasteiger partial charge in [-0.15, -0.1) is 0 Å². The number of Topliss-reactive ketones (excluding diaryl/α,β-unsaturated/α-hetero) is 1. The first-order valence-electron chi connectivity index (χ1n) is 5.79. The predicted octanol–water partition coefficient (Wildman–Crippen LogP) is 3.40. The minimum absolute atomic E-state index is 0.0903. The minimum atomic E-state index is -0.449. The molecular formula is C16H11BrO3. The summed E-state index contributed by atoms with van der Waals surface area (Å²) in [5.74, 6) is 5.33. The predicted molar refractivity (Wildman–Crippen MR) is 80.0 cm³/mol. The van der Waals surface area contributed by atoms with Gasteiger partial charge in [-0.05, 0) is 36.3 Å². The Morgan fingerprint density at radius 2 is 2.00 bits per heavy atom. The highest BCUT2D eigenvalue weighted by molar-refractivity contribution is 9.10. The van der Waals surface area contributed by atoms with Crippen molar-refractivity contribution >= 4 is 21.7 Å². The number of aromatic hydroxyl groups is 1. The molecule has 100 valence electrons. The number of hydrogen-bond acceptors (Lipinski definition) is 3. The first-order valence-corrected chi connectivity index (χ1v) is 6.59. The van der Waals surface area contributed by atoms with Gasteiger partial charge in [-0.2, -0.15) is 0 Å². The van der Waals surface area contributed by atoms with Crippen LogP contribution in [0.4, 0.5) is 0 Å². The highest BCUT2D eigenvalue weighted by atomic mass is 79.9. The lowest BCUT2D eigenvalue weighted by molar-refractivity contribution is 0.105. The number of hydrogen-bond donors (Lipinski definition) is 1. The molecule has 0 aliphatic rings. The fraction of sp³-hybridized carbons (Fsp3) is 0.0625. The van der Waals surface area contributed by atoms with E-state index in [1.807, 2.05) is 12.1 Å². The van der Waals surface area contributed by atoms with E-state index in [9.17, 15) is 9.90 Å². The summed E-state index contributed by atoms with van der Waals surface area (Å²) in [6, 6.07) is 11.8. The van der Waals surface area contributed by atoms with Gasteiger partial charge >= 0.3 is 0 Å². The number of ketones is 1. The van der Waals surface area contributed by atoms with Crippen LogP contribution >= 0.6 is 15.9 Å². The summed E-state index contributed by atoms with van der Waals surface area (Å²) in [4.78, 5) is 12.0. The van der Waals surface area contributed by atoms with E-state index >= 15 is 0 Å². The second-order valence-electron chi connectivity index (χ2n) is 3.94. The SMILES string of the molecule is COc1ccccc1C#CC(=O)c1cc(Br)ccc1O. The summed E-state index contributed by atoms with van der Waals surface area (Å²) in [6.07, 6.45) is 0. The van der Waals surface area contributed by atoms with Crippen LogP contribution in [0.5, 0.6) is 11.5 Å². The molecular weight excluding hydrogens is 320 g/mol. The van der Waals surface area contributed by atoms with Crippen LogP contribution in [0.1, 0.15) is 15.9 Å². The molecule has 0 atom stereocenters. The number of phenolic OH excluding ortho intramolecular Hbond substituents is 1.